The lowest BCUT2D eigenvalue weighted by Gasteiger charge is -2.23. The minimum absolute atomic E-state index is 0.243. The number of benzene rings is 1. The van der Waals surface area contributed by atoms with Gasteiger partial charge in [-0.1, -0.05) is 17.7 Å². The summed E-state index contributed by atoms with van der Waals surface area (Å²) in [6.45, 7) is 2.64. The average molecular weight is 213 g/mol. The molecule has 3 heteroatoms. The Morgan fingerprint density at radius 3 is 2.43 bits per heavy atom. The van der Waals surface area contributed by atoms with E-state index in [2.05, 4.69) is 11.0 Å². The summed E-state index contributed by atoms with van der Waals surface area (Å²) in [5.41, 5.74) is 8.08. The standard InChI is InChI=1S/C11H17ClN2/c1-8-4-9(6-10(12)5-8)11(7-13)14(2)3/h4-6,11H,7,13H2,1-3H3. The number of hydrogen-bond donors (Lipinski definition) is 1. The number of aryl methyl sites for hydroxylation is 1. The van der Waals surface area contributed by atoms with E-state index in [9.17, 15) is 0 Å². The van der Waals surface area contributed by atoms with Crippen LogP contribution in [0.4, 0.5) is 0 Å². The van der Waals surface area contributed by atoms with Crippen LogP contribution in [-0.4, -0.2) is 25.5 Å². The van der Waals surface area contributed by atoms with Crippen molar-refractivity contribution in [3.05, 3.63) is 34.3 Å². The molecule has 0 bridgehead atoms. The largest absolute Gasteiger partial charge is 0.329 e. The van der Waals surface area contributed by atoms with Crippen LogP contribution in [0.25, 0.3) is 0 Å². The van der Waals surface area contributed by atoms with Gasteiger partial charge < -0.3 is 10.6 Å². The first-order chi connectivity index (χ1) is 6.54. The second kappa shape index (κ2) is 4.78. The van der Waals surface area contributed by atoms with Gasteiger partial charge >= 0.3 is 0 Å². The predicted octanol–water partition coefficient (Wildman–Crippen LogP) is 2.21. The van der Waals surface area contributed by atoms with Gasteiger partial charge in [0, 0.05) is 17.6 Å². The first-order valence-corrected chi connectivity index (χ1v) is 5.06. The van der Waals surface area contributed by atoms with Gasteiger partial charge in [0.1, 0.15) is 0 Å². The van der Waals surface area contributed by atoms with E-state index < -0.39 is 0 Å². The molecule has 1 rings (SSSR count). The molecule has 0 amide bonds. The molecule has 2 nitrogen and oxygen atoms in total. The molecule has 1 atom stereocenters. The maximum Gasteiger partial charge on any atom is 0.0465 e. The Hall–Kier alpha value is -0.570. The Morgan fingerprint density at radius 1 is 1.36 bits per heavy atom. The fourth-order valence-electron chi connectivity index (χ4n) is 1.60. The summed E-state index contributed by atoms with van der Waals surface area (Å²) >= 11 is 6.00. The molecule has 0 radical (unpaired) electrons. The molecule has 1 aromatic rings. The van der Waals surface area contributed by atoms with Crippen LogP contribution in [0.5, 0.6) is 0 Å². The highest BCUT2D eigenvalue weighted by Gasteiger charge is 2.12. The fourth-order valence-corrected chi connectivity index (χ4v) is 1.90. The number of rotatable bonds is 3. The Bertz CT molecular complexity index is 290. The Labute approximate surface area is 90.7 Å². The summed E-state index contributed by atoms with van der Waals surface area (Å²) in [7, 11) is 4.04. The van der Waals surface area contributed by atoms with Crippen molar-refractivity contribution in [3.8, 4) is 0 Å². The molecule has 78 valence electrons. The summed E-state index contributed by atoms with van der Waals surface area (Å²) in [4.78, 5) is 2.10. The molecule has 0 aliphatic carbocycles. The first-order valence-electron chi connectivity index (χ1n) is 4.68. The number of hydrogen-bond acceptors (Lipinski definition) is 2. The van der Waals surface area contributed by atoms with E-state index in [0.717, 1.165) is 5.02 Å². The second-order valence-electron chi connectivity index (χ2n) is 3.78. The van der Waals surface area contributed by atoms with Crippen molar-refractivity contribution >= 4 is 11.6 Å². The highest BCUT2D eigenvalue weighted by Crippen LogP contribution is 2.22. The smallest absolute Gasteiger partial charge is 0.0465 e. The van der Waals surface area contributed by atoms with Gasteiger partial charge in [0.2, 0.25) is 0 Å². The van der Waals surface area contributed by atoms with Crippen molar-refractivity contribution < 1.29 is 0 Å². The Balaban J connectivity index is 3.04. The molecule has 0 fully saturated rings. The lowest BCUT2D eigenvalue weighted by molar-refractivity contribution is 0.306. The zero-order valence-electron chi connectivity index (χ0n) is 8.92. The van der Waals surface area contributed by atoms with E-state index in [0.29, 0.717) is 6.54 Å². The maximum absolute atomic E-state index is 6.00. The third kappa shape index (κ3) is 2.71. The van der Waals surface area contributed by atoms with Gasteiger partial charge in [-0.3, -0.25) is 0 Å². The van der Waals surface area contributed by atoms with E-state index in [-0.39, 0.29) is 6.04 Å². The van der Waals surface area contributed by atoms with E-state index in [1.807, 2.05) is 33.2 Å². The molecule has 0 saturated heterocycles. The fraction of sp³-hybridized carbons (Fsp3) is 0.455. The summed E-state index contributed by atoms with van der Waals surface area (Å²) in [6.07, 6.45) is 0. The molecular formula is C11H17ClN2. The minimum atomic E-state index is 0.243. The SMILES string of the molecule is Cc1cc(Cl)cc(C(CN)N(C)C)c1. The van der Waals surface area contributed by atoms with Crippen LogP contribution >= 0.6 is 11.6 Å². The van der Waals surface area contributed by atoms with Crippen molar-refractivity contribution in [2.45, 2.75) is 13.0 Å². The lowest BCUT2D eigenvalue weighted by Crippen LogP contribution is -2.27. The zero-order chi connectivity index (χ0) is 10.7. The van der Waals surface area contributed by atoms with Crippen LogP contribution in [-0.2, 0) is 0 Å². The Kier molecular flexibility index (Phi) is 3.93. The van der Waals surface area contributed by atoms with E-state index in [4.69, 9.17) is 17.3 Å². The average Bonchev–Trinajstić information content (AvgIpc) is 2.02. The normalized spacial score (nSPS) is 13.3. The summed E-state index contributed by atoms with van der Waals surface area (Å²) < 4.78 is 0. The molecule has 0 aromatic heterocycles. The van der Waals surface area contributed by atoms with Crippen LogP contribution < -0.4 is 5.73 Å². The van der Waals surface area contributed by atoms with Crippen LogP contribution in [0.3, 0.4) is 0 Å². The molecule has 14 heavy (non-hydrogen) atoms. The van der Waals surface area contributed by atoms with Gasteiger partial charge in [-0.15, -0.1) is 0 Å². The number of nitrogens with zero attached hydrogens (tertiary/aromatic N) is 1. The zero-order valence-corrected chi connectivity index (χ0v) is 9.67. The molecule has 0 saturated carbocycles. The van der Waals surface area contributed by atoms with Crippen molar-refractivity contribution in [2.24, 2.45) is 5.73 Å². The van der Waals surface area contributed by atoms with E-state index in [1.54, 1.807) is 0 Å². The van der Waals surface area contributed by atoms with Crippen LogP contribution in [0.1, 0.15) is 17.2 Å². The molecule has 1 unspecified atom stereocenters. The molecule has 1 aromatic carbocycles. The first kappa shape index (κ1) is 11.5. The highest BCUT2D eigenvalue weighted by atomic mass is 35.5. The van der Waals surface area contributed by atoms with Gasteiger partial charge in [0.25, 0.3) is 0 Å². The minimum Gasteiger partial charge on any atom is -0.329 e. The van der Waals surface area contributed by atoms with Gasteiger partial charge in [0.15, 0.2) is 0 Å². The number of nitrogens with two attached hydrogens (primary N) is 1. The lowest BCUT2D eigenvalue weighted by atomic mass is 10.0. The van der Waals surface area contributed by atoms with Gasteiger partial charge in [-0.2, -0.15) is 0 Å². The van der Waals surface area contributed by atoms with Gasteiger partial charge in [-0.05, 0) is 44.3 Å². The molecule has 0 spiro atoms. The molecule has 0 heterocycles. The molecular weight excluding hydrogens is 196 g/mol. The topological polar surface area (TPSA) is 29.3 Å². The van der Waals surface area contributed by atoms with Crippen LogP contribution in [0, 0.1) is 6.92 Å². The predicted molar refractivity (Wildman–Crippen MR) is 61.7 cm³/mol. The van der Waals surface area contributed by atoms with Crippen molar-refractivity contribution in [1.29, 1.82) is 0 Å². The number of halogens is 1. The Morgan fingerprint density at radius 2 is 2.00 bits per heavy atom. The number of likely N-dealkylation sites (N-methyl/N-ethyl adjacent to an activating group) is 1. The highest BCUT2D eigenvalue weighted by molar-refractivity contribution is 6.30. The maximum atomic E-state index is 6.00. The van der Waals surface area contributed by atoms with E-state index >= 15 is 0 Å². The molecule has 0 aliphatic rings. The van der Waals surface area contributed by atoms with E-state index in [1.165, 1.54) is 11.1 Å². The van der Waals surface area contributed by atoms with Crippen LogP contribution in [0.15, 0.2) is 18.2 Å². The summed E-state index contributed by atoms with van der Waals surface area (Å²) in [5.74, 6) is 0. The third-order valence-corrected chi connectivity index (χ3v) is 2.51. The van der Waals surface area contributed by atoms with Crippen LogP contribution in [0.2, 0.25) is 5.02 Å². The van der Waals surface area contributed by atoms with Gasteiger partial charge in [0.05, 0.1) is 0 Å². The van der Waals surface area contributed by atoms with Crippen molar-refractivity contribution in [3.63, 3.8) is 0 Å². The summed E-state index contributed by atoms with van der Waals surface area (Å²) in [5, 5.41) is 0.778. The second-order valence-corrected chi connectivity index (χ2v) is 4.21. The molecule has 2 N–H and O–H groups in total. The monoisotopic (exact) mass is 212 g/mol. The quantitative estimate of drug-likeness (QED) is 0.833. The van der Waals surface area contributed by atoms with Crippen molar-refractivity contribution in [1.82, 2.24) is 4.90 Å². The summed E-state index contributed by atoms with van der Waals surface area (Å²) in [6, 6.07) is 6.30. The molecule has 0 aliphatic heterocycles. The third-order valence-electron chi connectivity index (χ3n) is 2.30. The van der Waals surface area contributed by atoms with Gasteiger partial charge in [-0.25, -0.2) is 0 Å². The van der Waals surface area contributed by atoms with Crippen molar-refractivity contribution in [2.75, 3.05) is 20.6 Å².